The number of nitrogens with one attached hydrogen (secondary N) is 1. The average Bonchev–Trinajstić information content (AvgIpc) is 2.59. The third-order valence-corrected chi connectivity index (χ3v) is 3.50. The van der Waals surface area contributed by atoms with Crippen molar-refractivity contribution in [3.05, 3.63) is 65.5 Å². The van der Waals surface area contributed by atoms with Crippen LogP contribution >= 0.6 is 0 Å². The van der Waals surface area contributed by atoms with E-state index in [4.69, 9.17) is 4.74 Å². The Balaban J connectivity index is 1.88. The Kier molecular flexibility index (Phi) is 5.64. The second kappa shape index (κ2) is 7.70. The van der Waals surface area contributed by atoms with Gasteiger partial charge in [-0.1, -0.05) is 32.9 Å². The third kappa shape index (κ3) is 5.24. The number of pyridine rings is 1. The van der Waals surface area contributed by atoms with Gasteiger partial charge in [0.15, 0.2) is 6.61 Å². The summed E-state index contributed by atoms with van der Waals surface area (Å²) in [5.41, 5.74) is 1.66. The van der Waals surface area contributed by atoms with E-state index < -0.39 is 24.4 Å². The van der Waals surface area contributed by atoms with Crippen LogP contribution in [0, 0.1) is 0 Å². The van der Waals surface area contributed by atoms with Crippen molar-refractivity contribution < 1.29 is 19.1 Å². The maximum atomic E-state index is 12.0. The van der Waals surface area contributed by atoms with Gasteiger partial charge in [-0.2, -0.15) is 0 Å². The first-order valence-electron chi connectivity index (χ1n) is 7.79. The highest BCUT2D eigenvalue weighted by Gasteiger charge is 2.16. The molecular weight excluding hydrogens is 320 g/mol. The van der Waals surface area contributed by atoms with Gasteiger partial charge in [0, 0.05) is 18.0 Å². The number of imide groups is 1. The largest absolute Gasteiger partial charge is 0.452 e. The molecule has 0 unspecified atom stereocenters. The van der Waals surface area contributed by atoms with Crippen LogP contribution in [0.15, 0.2) is 48.8 Å². The first-order valence-corrected chi connectivity index (χ1v) is 7.79. The molecule has 0 spiro atoms. The van der Waals surface area contributed by atoms with E-state index in [9.17, 15) is 14.4 Å². The Bertz CT molecular complexity index is 762. The van der Waals surface area contributed by atoms with Crippen LogP contribution < -0.4 is 5.32 Å². The normalized spacial score (nSPS) is 10.8. The number of carbonyl (C=O) groups is 3. The lowest BCUT2D eigenvalue weighted by Crippen LogP contribution is -2.34. The quantitative estimate of drug-likeness (QED) is 0.864. The van der Waals surface area contributed by atoms with Gasteiger partial charge in [-0.3, -0.25) is 19.9 Å². The first kappa shape index (κ1) is 18.3. The van der Waals surface area contributed by atoms with Gasteiger partial charge in [0.1, 0.15) is 0 Å². The average molecular weight is 340 g/mol. The summed E-state index contributed by atoms with van der Waals surface area (Å²) in [5, 5.41) is 2.19. The number of nitrogens with zero attached hydrogens (tertiary/aromatic N) is 1. The second-order valence-electron chi connectivity index (χ2n) is 6.52. The van der Waals surface area contributed by atoms with Crippen LogP contribution in [-0.2, 0) is 14.9 Å². The molecule has 0 atom stereocenters. The molecule has 25 heavy (non-hydrogen) atoms. The monoisotopic (exact) mass is 340 g/mol. The van der Waals surface area contributed by atoms with Gasteiger partial charge in [0.2, 0.25) is 0 Å². The summed E-state index contributed by atoms with van der Waals surface area (Å²) in [6.45, 7) is 5.67. The topological polar surface area (TPSA) is 85.4 Å². The predicted octanol–water partition coefficient (Wildman–Crippen LogP) is 2.49. The number of benzene rings is 1. The second-order valence-corrected chi connectivity index (χ2v) is 6.52. The van der Waals surface area contributed by atoms with E-state index in [0.717, 1.165) is 5.56 Å². The lowest BCUT2D eigenvalue weighted by molar-refractivity contribution is -0.123. The molecule has 2 amide bonds. The molecule has 0 aliphatic rings. The third-order valence-electron chi connectivity index (χ3n) is 3.50. The van der Waals surface area contributed by atoms with Crippen molar-refractivity contribution in [2.24, 2.45) is 0 Å². The van der Waals surface area contributed by atoms with Gasteiger partial charge in [-0.05, 0) is 35.2 Å². The van der Waals surface area contributed by atoms with E-state index in [2.05, 4.69) is 31.1 Å². The molecule has 6 heteroatoms. The van der Waals surface area contributed by atoms with E-state index in [1.54, 1.807) is 18.2 Å². The fourth-order valence-electron chi connectivity index (χ4n) is 2.05. The number of esters is 1. The fraction of sp³-hybridized carbons (Fsp3) is 0.263. The van der Waals surface area contributed by atoms with Crippen molar-refractivity contribution in [1.29, 1.82) is 0 Å². The molecule has 0 saturated heterocycles. The molecule has 6 nitrogen and oxygen atoms in total. The van der Waals surface area contributed by atoms with Gasteiger partial charge in [-0.25, -0.2) is 4.79 Å². The molecule has 0 radical (unpaired) electrons. The maximum absolute atomic E-state index is 12.0. The van der Waals surface area contributed by atoms with Gasteiger partial charge in [0.25, 0.3) is 11.8 Å². The van der Waals surface area contributed by atoms with Crippen LogP contribution in [0.1, 0.15) is 47.1 Å². The summed E-state index contributed by atoms with van der Waals surface area (Å²) in [6.07, 6.45) is 2.86. The number of hydrogen-bond acceptors (Lipinski definition) is 5. The molecule has 0 saturated carbocycles. The van der Waals surface area contributed by atoms with Crippen molar-refractivity contribution >= 4 is 17.8 Å². The van der Waals surface area contributed by atoms with Gasteiger partial charge in [0.05, 0.1) is 5.56 Å². The van der Waals surface area contributed by atoms with Crippen molar-refractivity contribution in [3.63, 3.8) is 0 Å². The van der Waals surface area contributed by atoms with E-state index in [0.29, 0.717) is 5.56 Å². The van der Waals surface area contributed by atoms with Gasteiger partial charge >= 0.3 is 5.97 Å². The Labute approximate surface area is 146 Å². The molecule has 2 aromatic rings. The van der Waals surface area contributed by atoms with Crippen molar-refractivity contribution in [2.75, 3.05) is 6.61 Å². The predicted molar refractivity (Wildman–Crippen MR) is 92.1 cm³/mol. The summed E-state index contributed by atoms with van der Waals surface area (Å²) in [6, 6.07) is 10.1. The van der Waals surface area contributed by atoms with Crippen molar-refractivity contribution in [1.82, 2.24) is 10.3 Å². The number of carbonyl (C=O) groups excluding carboxylic acids is 3. The summed E-state index contributed by atoms with van der Waals surface area (Å²) in [4.78, 5) is 39.3. The number of hydrogen-bond donors (Lipinski definition) is 1. The van der Waals surface area contributed by atoms with E-state index in [1.807, 2.05) is 12.1 Å². The molecule has 1 aromatic heterocycles. The molecule has 130 valence electrons. The summed E-state index contributed by atoms with van der Waals surface area (Å²) >= 11 is 0. The minimum absolute atomic E-state index is 0.0225. The fourth-order valence-corrected chi connectivity index (χ4v) is 2.05. The zero-order chi connectivity index (χ0) is 18.4. The minimum Gasteiger partial charge on any atom is -0.452 e. The molecule has 0 bridgehead atoms. The zero-order valence-electron chi connectivity index (χ0n) is 14.4. The number of ether oxygens (including phenoxy) is 1. The Morgan fingerprint density at radius 3 is 2.28 bits per heavy atom. The number of aromatic nitrogens is 1. The highest BCUT2D eigenvalue weighted by molar-refractivity contribution is 6.05. The molecule has 1 N–H and O–H groups in total. The highest BCUT2D eigenvalue weighted by atomic mass is 16.5. The van der Waals surface area contributed by atoms with Crippen LogP contribution in [0.3, 0.4) is 0 Å². The van der Waals surface area contributed by atoms with Crippen LogP contribution in [0.5, 0.6) is 0 Å². The lowest BCUT2D eigenvalue weighted by atomic mass is 9.87. The van der Waals surface area contributed by atoms with E-state index >= 15 is 0 Å². The molecule has 1 aromatic carbocycles. The Hall–Kier alpha value is -3.02. The van der Waals surface area contributed by atoms with Crippen molar-refractivity contribution in [2.45, 2.75) is 26.2 Å². The maximum Gasteiger partial charge on any atom is 0.340 e. The zero-order valence-corrected chi connectivity index (χ0v) is 14.4. The number of rotatable bonds is 4. The Morgan fingerprint density at radius 1 is 1.04 bits per heavy atom. The molecule has 0 aliphatic heterocycles. The van der Waals surface area contributed by atoms with Crippen LogP contribution in [0.25, 0.3) is 0 Å². The first-order chi connectivity index (χ1) is 11.8. The van der Waals surface area contributed by atoms with Crippen molar-refractivity contribution in [3.8, 4) is 0 Å². The van der Waals surface area contributed by atoms with Gasteiger partial charge < -0.3 is 4.74 Å². The van der Waals surface area contributed by atoms with Crippen LogP contribution in [0.4, 0.5) is 0 Å². The summed E-state index contributed by atoms with van der Waals surface area (Å²) < 4.78 is 4.85. The smallest absolute Gasteiger partial charge is 0.340 e. The summed E-state index contributed by atoms with van der Waals surface area (Å²) in [7, 11) is 0. The van der Waals surface area contributed by atoms with E-state index in [-0.39, 0.29) is 11.0 Å². The molecular formula is C19H20N2O4. The minimum atomic E-state index is -0.692. The van der Waals surface area contributed by atoms with Crippen LogP contribution in [0.2, 0.25) is 0 Å². The standard InChI is InChI=1S/C19H20N2O4/c1-19(2,3)15-8-6-13(7-9-15)17(23)21-16(22)12-25-18(24)14-5-4-10-20-11-14/h4-11H,12H2,1-3H3,(H,21,22,23). The molecule has 2 rings (SSSR count). The Morgan fingerprint density at radius 2 is 1.72 bits per heavy atom. The molecule has 0 aliphatic carbocycles. The highest BCUT2D eigenvalue weighted by Crippen LogP contribution is 2.22. The lowest BCUT2D eigenvalue weighted by Gasteiger charge is -2.18. The summed E-state index contributed by atoms with van der Waals surface area (Å²) in [5.74, 6) is -1.91. The SMILES string of the molecule is CC(C)(C)c1ccc(C(=O)NC(=O)COC(=O)c2cccnc2)cc1. The van der Waals surface area contributed by atoms with Gasteiger partial charge in [-0.15, -0.1) is 0 Å². The number of amides is 2. The molecule has 1 heterocycles. The van der Waals surface area contributed by atoms with E-state index in [1.165, 1.54) is 18.5 Å². The van der Waals surface area contributed by atoms with Crippen LogP contribution in [-0.4, -0.2) is 29.4 Å². The molecule has 0 fully saturated rings.